The summed E-state index contributed by atoms with van der Waals surface area (Å²) < 4.78 is 27.6. The van der Waals surface area contributed by atoms with Crippen molar-refractivity contribution in [3.63, 3.8) is 0 Å². The first-order chi connectivity index (χ1) is 19.0. The van der Waals surface area contributed by atoms with Crippen molar-refractivity contribution in [1.29, 1.82) is 0 Å². The number of amides is 2. The summed E-state index contributed by atoms with van der Waals surface area (Å²) in [6.45, 7) is 2.04. The third-order valence-corrected chi connectivity index (χ3v) is 8.83. The summed E-state index contributed by atoms with van der Waals surface area (Å²) in [7, 11) is -3.82. The fraction of sp³-hybridized carbons (Fsp3) is 0.310. The topological polar surface area (TPSA) is 86.8 Å². The van der Waals surface area contributed by atoms with E-state index in [1.165, 1.54) is 4.90 Å². The van der Waals surface area contributed by atoms with Gasteiger partial charge in [0.15, 0.2) is 0 Å². The number of carbonyl (C=O) groups excluding carboxylic acids is 2. The zero-order valence-corrected chi connectivity index (χ0v) is 26.8. The quantitative estimate of drug-likeness (QED) is 0.176. The Bertz CT molecular complexity index is 1410. The summed E-state index contributed by atoms with van der Waals surface area (Å²) in [6, 6.07) is 20.3. The van der Waals surface area contributed by atoms with Crippen molar-refractivity contribution in [2.75, 3.05) is 23.7 Å². The van der Waals surface area contributed by atoms with E-state index in [1.807, 2.05) is 37.3 Å². The molecule has 0 bridgehead atoms. The van der Waals surface area contributed by atoms with Gasteiger partial charge in [0.25, 0.3) is 0 Å². The van der Waals surface area contributed by atoms with E-state index in [0.717, 1.165) is 32.5 Å². The minimum atomic E-state index is -3.82. The minimum absolute atomic E-state index is 0.0265. The van der Waals surface area contributed by atoms with Gasteiger partial charge in [-0.15, -0.1) is 0 Å². The Labute approximate surface area is 260 Å². The molecule has 1 N–H and O–H groups in total. The molecule has 11 heteroatoms. The third kappa shape index (κ3) is 9.36. The lowest BCUT2D eigenvalue weighted by Crippen LogP contribution is -2.53. The Kier molecular flexibility index (Phi) is 12.1. The highest BCUT2D eigenvalue weighted by Gasteiger charge is 2.33. The van der Waals surface area contributed by atoms with E-state index < -0.39 is 28.5 Å². The van der Waals surface area contributed by atoms with E-state index in [4.69, 9.17) is 23.2 Å². The number of halogens is 3. The maximum absolute atomic E-state index is 14.0. The maximum Gasteiger partial charge on any atom is 0.244 e. The van der Waals surface area contributed by atoms with Gasteiger partial charge in [-0.1, -0.05) is 72.9 Å². The molecule has 0 aliphatic heterocycles. The molecule has 3 aromatic rings. The smallest absolute Gasteiger partial charge is 0.244 e. The molecule has 0 aromatic heterocycles. The molecule has 0 fully saturated rings. The summed E-state index contributed by atoms with van der Waals surface area (Å²) in [6.07, 6.45) is 2.99. The third-order valence-electron chi connectivity index (χ3n) is 6.23. The van der Waals surface area contributed by atoms with E-state index in [9.17, 15) is 18.0 Å². The number of carbonyl (C=O) groups is 2. The molecule has 0 saturated heterocycles. The van der Waals surface area contributed by atoms with E-state index >= 15 is 0 Å². The van der Waals surface area contributed by atoms with Crippen molar-refractivity contribution in [3.8, 4) is 0 Å². The first-order valence-corrected chi connectivity index (χ1v) is 16.5. The fourth-order valence-electron chi connectivity index (χ4n) is 4.12. The molecule has 0 aliphatic rings. The highest BCUT2D eigenvalue weighted by Crippen LogP contribution is 2.25. The standard InChI is InChI=1S/C29H32Cl2IN3O4S/c1-3-4-16-33-29(37)27(18-21-8-6-5-7-9-21)34(19-22-10-15-25(30)26(31)17-22)28(36)20-35(40(2,38)39)24-13-11-23(32)12-14-24/h5-15,17,27H,3-4,16,18-20H2,1-2H3,(H,33,37)/t27-/m0/s1. The number of nitrogens with zero attached hydrogens (tertiary/aromatic N) is 2. The van der Waals surface area contributed by atoms with Crippen LogP contribution in [0.4, 0.5) is 5.69 Å². The minimum Gasteiger partial charge on any atom is -0.354 e. The van der Waals surface area contributed by atoms with Crippen LogP contribution >= 0.6 is 45.8 Å². The lowest BCUT2D eigenvalue weighted by Gasteiger charge is -2.33. The van der Waals surface area contributed by atoms with E-state index in [2.05, 4.69) is 27.9 Å². The van der Waals surface area contributed by atoms with Gasteiger partial charge in [-0.2, -0.15) is 0 Å². The Hall–Kier alpha value is -2.34. The monoisotopic (exact) mass is 715 g/mol. The average Bonchev–Trinajstić information content (AvgIpc) is 2.91. The summed E-state index contributed by atoms with van der Waals surface area (Å²) in [5, 5.41) is 3.63. The largest absolute Gasteiger partial charge is 0.354 e. The second-order valence-corrected chi connectivity index (χ2v) is 13.3. The average molecular weight is 716 g/mol. The van der Waals surface area contributed by atoms with Crippen LogP contribution in [0.2, 0.25) is 10.0 Å². The molecule has 0 spiro atoms. The number of nitrogens with one attached hydrogen (secondary N) is 1. The predicted molar refractivity (Wildman–Crippen MR) is 170 cm³/mol. The van der Waals surface area contributed by atoms with Crippen molar-refractivity contribution in [3.05, 3.63) is 97.5 Å². The zero-order chi connectivity index (χ0) is 29.3. The van der Waals surface area contributed by atoms with E-state index in [0.29, 0.717) is 27.8 Å². The molecule has 0 radical (unpaired) electrons. The van der Waals surface area contributed by atoms with Gasteiger partial charge in [0.2, 0.25) is 21.8 Å². The summed E-state index contributed by atoms with van der Waals surface area (Å²) >= 11 is 14.5. The highest BCUT2D eigenvalue weighted by atomic mass is 127. The van der Waals surface area contributed by atoms with Crippen molar-refractivity contribution in [1.82, 2.24) is 10.2 Å². The fourth-order valence-corrected chi connectivity index (χ4v) is 5.65. The molecule has 40 heavy (non-hydrogen) atoms. The van der Waals surface area contributed by atoms with Crippen molar-refractivity contribution in [2.45, 2.75) is 38.8 Å². The predicted octanol–water partition coefficient (Wildman–Crippen LogP) is 5.92. The maximum atomic E-state index is 14.0. The number of unbranched alkanes of at least 4 members (excludes halogenated alkanes) is 1. The van der Waals surface area contributed by atoms with Crippen molar-refractivity contribution < 1.29 is 18.0 Å². The molecule has 0 saturated carbocycles. The Balaban J connectivity index is 2.04. The Morgan fingerprint density at radius 2 is 1.62 bits per heavy atom. The van der Waals surface area contributed by atoms with Gasteiger partial charge in [0, 0.05) is 23.1 Å². The lowest BCUT2D eigenvalue weighted by atomic mass is 10.0. The number of hydrogen-bond donors (Lipinski definition) is 1. The van der Waals surface area contributed by atoms with Gasteiger partial charge in [-0.05, 0) is 76.5 Å². The molecule has 0 aliphatic carbocycles. The van der Waals surface area contributed by atoms with Gasteiger partial charge in [0.05, 0.1) is 22.0 Å². The molecule has 0 heterocycles. The normalized spacial score (nSPS) is 12.0. The van der Waals surface area contributed by atoms with Gasteiger partial charge in [-0.3, -0.25) is 13.9 Å². The molecular weight excluding hydrogens is 684 g/mol. The van der Waals surface area contributed by atoms with Crippen LogP contribution in [-0.2, 0) is 32.6 Å². The van der Waals surface area contributed by atoms with Crippen LogP contribution in [0.25, 0.3) is 0 Å². The molecule has 3 aromatic carbocycles. The summed E-state index contributed by atoms with van der Waals surface area (Å²) in [5.41, 5.74) is 1.88. The second-order valence-electron chi connectivity index (χ2n) is 9.37. The highest BCUT2D eigenvalue weighted by molar-refractivity contribution is 14.1. The van der Waals surface area contributed by atoms with Crippen LogP contribution in [0.15, 0.2) is 72.8 Å². The van der Waals surface area contributed by atoms with Gasteiger partial charge in [-0.25, -0.2) is 8.42 Å². The zero-order valence-electron chi connectivity index (χ0n) is 22.3. The summed E-state index contributed by atoms with van der Waals surface area (Å²) in [4.78, 5) is 29.1. The van der Waals surface area contributed by atoms with E-state index in [1.54, 1.807) is 42.5 Å². The molecule has 2 amide bonds. The Morgan fingerprint density at radius 3 is 2.23 bits per heavy atom. The number of hydrogen-bond acceptors (Lipinski definition) is 4. The molecule has 0 unspecified atom stereocenters. The molecule has 7 nitrogen and oxygen atoms in total. The SMILES string of the molecule is CCCCNC(=O)[C@H](Cc1ccccc1)N(Cc1ccc(Cl)c(Cl)c1)C(=O)CN(c1ccc(I)cc1)S(C)(=O)=O. The second kappa shape index (κ2) is 15.0. The first kappa shape index (κ1) is 32.2. The molecule has 1 atom stereocenters. The molecule has 214 valence electrons. The van der Waals surface area contributed by atoms with Gasteiger partial charge in [0.1, 0.15) is 12.6 Å². The van der Waals surface area contributed by atoms with Crippen LogP contribution in [-0.4, -0.2) is 50.5 Å². The first-order valence-electron chi connectivity index (χ1n) is 12.8. The van der Waals surface area contributed by atoms with Crippen LogP contribution in [0, 0.1) is 3.57 Å². The van der Waals surface area contributed by atoms with Crippen LogP contribution in [0.1, 0.15) is 30.9 Å². The van der Waals surface area contributed by atoms with Crippen LogP contribution < -0.4 is 9.62 Å². The summed E-state index contributed by atoms with van der Waals surface area (Å²) in [5.74, 6) is -0.840. The van der Waals surface area contributed by atoms with Crippen molar-refractivity contribution >= 4 is 73.3 Å². The Morgan fingerprint density at radius 1 is 0.950 bits per heavy atom. The number of sulfonamides is 1. The lowest BCUT2D eigenvalue weighted by molar-refractivity contribution is -0.140. The van der Waals surface area contributed by atoms with Gasteiger partial charge >= 0.3 is 0 Å². The van der Waals surface area contributed by atoms with E-state index in [-0.39, 0.29) is 18.9 Å². The molecule has 3 rings (SSSR count). The molecular formula is C29H32Cl2IN3O4S. The van der Waals surface area contributed by atoms with Crippen molar-refractivity contribution in [2.24, 2.45) is 0 Å². The number of rotatable bonds is 13. The number of anilines is 1. The van der Waals surface area contributed by atoms with Crippen LogP contribution in [0.3, 0.4) is 0 Å². The van der Waals surface area contributed by atoms with Crippen LogP contribution in [0.5, 0.6) is 0 Å². The number of benzene rings is 3. The van der Waals surface area contributed by atoms with Gasteiger partial charge < -0.3 is 10.2 Å².